The summed E-state index contributed by atoms with van der Waals surface area (Å²) in [5.41, 5.74) is 0. The third-order valence-corrected chi connectivity index (χ3v) is 2.88. The normalized spacial score (nSPS) is 10.3. The molecule has 0 N–H and O–H groups in total. The predicted molar refractivity (Wildman–Crippen MR) is 72.0 cm³/mol. The summed E-state index contributed by atoms with van der Waals surface area (Å²) in [5.74, 6) is 2.93. The molecule has 1 aromatic heterocycles. The van der Waals surface area contributed by atoms with E-state index in [4.69, 9.17) is 14.2 Å². The molecule has 5 heteroatoms. The first-order chi connectivity index (χ1) is 9.26. The van der Waals surface area contributed by atoms with Crippen molar-refractivity contribution < 1.29 is 14.2 Å². The van der Waals surface area contributed by atoms with E-state index in [2.05, 4.69) is 4.98 Å². The van der Waals surface area contributed by atoms with Gasteiger partial charge in [0, 0.05) is 12.4 Å². The van der Waals surface area contributed by atoms with E-state index in [1.165, 1.54) is 0 Å². The molecule has 0 amide bonds. The van der Waals surface area contributed by atoms with Crippen molar-refractivity contribution in [1.29, 1.82) is 0 Å². The van der Waals surface area contributed by atoms with Gasteiger partial charge in [-0.2, -0.15) is 0 Å². The molecule has 1 aromatic carbocycles. The first kappa shape index (κ1) is 13.3. The van der Waals surface area contributed by atoms with Gasteiger partial charge in [-0.3, -0.25) is 0 Å². The third kappa shape index (κ3) is 2.99. The number of hydrogen-bond donors (Lipinski definition) is 0. The number of methoxy groups -OCH3 is 2. The molecule has 0 saturated heterocycles. The van der Waals surface area contributed by atoms with E-state index in [-0.39, 0.29) is 0 Å². The van der Waals surface area contributed by atoms with Gasteiger partial charge in [-0.15, -0.1) is 0 Å². The number of para-hydroxylation sites is 1. The average molecular weight is 262 g/mol. The fraction of sp³-hybridized carbons (Fsp3) is 0.357. The quantitative estimate of drug-likeness (QED) is 0.801. The molecule has 19 heavy (non-hydrogen) atoms. The van der Waals surface area contributed by atoms with Gasteiger partial charge in [-0.1, -0.05) is 6.07 Å². The molecule has 0 saturated carbocycles. The van der Waals surface area contributed by atoms with Crippen LogP contribution in [0.5, 0.6) is 17.2 Å². The van der Waals surface area contributed by atoms with E-state index in [1.807, 2.05) is 35.9 Å². The van der Waals surface area contributed by atoms with Gasteiger partial charge in [0.05, 0.1) is 20.8 Å². The van der Waals surface area contributed by atoms with Crippen molar-refractivity contribution in [3.05, 3.63) is 36.4 Å². The van der Waals surface area contributed by atoms with Crippen LogP contribution in [0.15, 0.2) is 30.6 Å². The van der Waals surface area contributed by atoms with Crippen molar-refractivity contribution in [2.24, 2.45) is 0 Å². The monoisotopic (exact) mass is 262 g/mol. The summed E-state index contributed by atoms with van der Waals surface area (Å²) < 4.78 is 18.4. The summed E-state index contributed by atoms with van der Waals surface area (Å²) in [7, 11) is 3.23. The molecule has 0 fully saturated rings. The second kappa shape index (κ2) is 6.13. The highest BCUT2D eigenvalue weighted by atomic mass is 16.5. The molecule has 102 valence electrons. The molecule has 0 radical (unpaired) electrons. The lowest BCUT2D eigenvalue weighted by atomic mass is 10.3. The van der Waals surface area contributed by atoms with Gasteiger partial charge in [-0.05, 0) is 19.1 Å². The Balaban J connectivity index is 2.04. The molecule has 0 aliphatic carbocycles. The Kier molecular flexibility index (Phi) is 4.28. The predicted octanol–water partition coefficient (Wildman–Crippen LogP) is 2.29. The second-order valence-corrected chi connectivity index (χ2v) is 4.01. The van der Waals surface area contributed by atoms with Gasteiger partial charge in [-0.25, -0.2) is 4.98 Å². The van der Waals surface area contributed by atoms with Crippen LogP contribution >= 0.6 is 0 Å². The van der Waals surface area contributed by atoms with E-state index >= 15 is 0 Å². The van der Waals surface area contributed by atoms with Crippen LogP contribution in [0.25, 0.3) is 0 Å². The van der Waals surface area contributed by atoms with Crippen molar-refractivity contribution in [2.75, 3.05) is 20.8 Å². The molecule has 0 spiro atoms. The molecule has 0 bridgehead atoms. The smallest absolute Gasteiger partial charge is 0.203 e. The van der Waals surface area contributed by atoms with Crippen LogP contribution in [-0.2, 0) is 6.54 Å². The number of hydrogen-bond acceptors (Lipinski definition) is 4. The lowest BCUT2D eigenvalue weighted by molar-refractivity contribution is 0.262. The van der Waals surface area contributed by atoms with Crippen LogP contribution in [0.3, 0.4) is 0 Å². The summed E-state index contributed by atoms with van der Waals surface area (Å²) in [5, 5.41) is 0. The maximum absolute atomic E-state index is 5.78. The van der Waals surface area contributed by atoms with Crippen molar-refractivity contribution in [3.63, 3.8) is 0 Å². The maximum Gasteiger partial charge on any atom is 0.203 e. The maximum atomic E-state index is 5.78. The van der Waals surface area contributed by atoms with Crippen LogP contribution in [0.4, 0.5) is 0 Å². The van der Waals surface area contributed by atoms with Gasteiger partial charge in [0.25, 0.3) is 0 Å². The zero-order chi connectivity index (χ0) is 13.7. The van der Waals surface area contributed by atoms with Gasteiger partial charge in [0.2, 0.25) is 5.75 Å². The van der Waals surface area contributed by atoms with E-state index in [9.17, 15) is 0 Å². The highest BCUT2D eigenvalue weighted by Crippen LogP contribution is 2.36. The molecular weight excluding hydrogens is 244 g/mol. The fourth-order valence-electron chi connectivity index (χ4n) is 1.85. The average Bonchev–Trinajstić information content (AvgIpc) is 2.84. The largest absolute Gasteiger partial charge is 0.493 e. The minimum absolute atomic E-state index is 0.522. The Labute approximate surface area is 112 Å². The third-order valence-electron chi connectivity index (χ3n) is 2.88. The molecule has 0 atom stereocenters. The number of benzene rings is 1. The van der Waals surface area contributed by atoms with Gasteiger partial charge >= 0.3 is 0 Å². The van der Waals surface area contributed by atoms with Gasteiger partial charge in [0.15, 0.2) is 11.5 Å². The number of rotatable bonds is 6. The van der Waals surface area contributed by atoms with Crippen LogP contribution in [-0.4, -0.2) is 30.4 Å². The Bertz CT molecular complexity index is 515. The van der Waals surface area contributed by atoms with Crippen LogP contribution in [0, 0.1) is 6.92 Å². The first-order valence-electron chi connectivity index (χ1n) is 6.07. The number of aryl methyl sites for hydroxylation is 1. The lowest BCUT2D eigenvalue weighted by Crippen LogP contribution is -2.09. The first-order valence-corrected chi connectivity index (χ1v) is 6.07. The van der Waals surface area contributed by atoms with Crippen molar-refractivity contribution in [2.45, 2.75) is 13.5 Å². The van der Waals surface area contributed by atoms with E-state index in [1.54, 1.807) is 20.4 Å². The zero-order valence-corrected chi connectivity index (χ0v) is 11.4. The fourth-order valence-corrected chi connectivity index (χ4v) is 1.85. The van der Waals surface area contributed by atoms with Crippen molar-refractivity contribution >= 4 is 0 Å². The van der Waals surface area contributed by atoms with Gasteiger partial charge in [0.1, 0.15) is 12.4 Å². The molecule has 0 aliphatic heterocycles. The number of ether oxygens (including phenoxy) is 3. The summed E-state index contributed by atoms with van der Waals surface area (Å²) >= 11 is 0. The van der Waals surface area contributed by atoms with Crippen LogP contribution in [0.2, 0.25) is 0 Å². The molecule has 1 heterocycles. The number of nitrogens with zero attached hydrogens (tertiary/aromatic N) is 2. The molecule has 2 aromatic rings. The van der Waals surface area contributed by atoms with E-state index in [0.29, 0.717) is 23.9 Å². The number of imidazole rings is 1. The second-order valence-electron chi connectivity index (χ2n) is 4.01. The summed E-state index contributed by atoms with van der Waals surface area (Å²) in [6, 6.07) is 5.56. The standard InChI is InChI=1S/C14H18N2O3/c1-11-15-7-8-16(11)9-10-19-14-12(17-2)5-4-6-13(14)18-3/h4-8H,9-10H2,1-3H3. The van der Waals surface area contributed by atoms with E-state index < -0.39 is 0 Å². The molecule has 2 rings (SSSR count). The molecule has 0 unspecified atom stereocenters. The minimum Gasteiger partial charge on any atom is -0.493 e. The highest BCUT2D eigenvalue weighted by molar-refractivity contribution is 5.51. The summed E-state index contributed by atoms with van der Waals surface area (Å²) in [6.45, 7) is 3.21. The molecular formula is C14H18N2O3. The van der Waals surface area contributed by atoms with Gasteiger partial charge < -0.3 is 18.8 Å². The SMILES string of the molecule is COc1cccc(OC)c1OCCn1ccnc1C. The van der Waals surface area contributed by atoms with Crippen LogP contribution < -0.4 is 14.2 Å². The number of aromatic nitrogens is 2. The Morgan fingerprint density at radius 3 is 2.37 bits per heavy atom. The molecule has 5 nitrogen and oxygen atoms in total. The minimum atomic E-state index is 0.522. The van der Waals surface area contributed by atoms with E-state index in [0.717, 1.165) is 12.4 Å². The topological polar surface area (TPSA) is 45.5 Å². The van der Waals surface area contributed by atoms with Crippen molar-refractivity contribution in [3.8, 4) is 17.2 Å². The Morgan fingerprint density at radius 2 is 1.84 bits per heavy atom. The summed E-state index contributed by atoms with van der Waals surface area (Å²) in [4.78, 5) is 4.17. The lowest BCUT2D eigenvalue weighted by Gasteiger charge is -2.14. The Morgan fingerprint density at radius 1 is 1.16 bits per heavy atom. The van der Waals surface area contributed by atoms with Crippen molar-refractivity contribution in [1.82, 2.24) is 9.55 Å². The highest BCUT2D eigenvalue weighted by Gasteiger charge is 2.11. The molecule has 0 aliphatic rings. The van der Waals surface area contributed by atoms with Crippen LogP contribution in [0.1, 0.15) is 5.82 Å². The summed E-state index contributed by atoms with van der Waals surface area (Å²) in [6.07, 6.45) is 3.71. The zero-order valence-electron chi connectivity index (χ0n) is 11.4. The Hall–Kier alpha value is -2.17.